The summed E-state index contributed by atoms with van der Waals surface area (Å²) < 4.78 is 4.98. The Morgan fingerprint density at radius 2 is 2.50 bits per heavy atom. The molecular formula is C8H9NO3. The third kappa shape index (κ3) is 1.53. The van der Waals surface area contributed by atoms with E-state index in [0.29, 0.717) is 12.9 Å². The first-order valence-corrected chi connectivity index (χ1v) is 3.50. The highest BCUT2D eigenvalue weighted by Crippen LogP contribution is 2.10. The number of likely N-dealkylation sites (N-methyl/N-ethyl adjacent to an activating group) is 1. The van der Waals surface area contributed by atoms with Gasteiger partial charge in [-0.25, -0.2) is 0 Å². The number of rotatable bonds is 2. The molecule has 12 heavy (non-hydrogen) atoms. The van der Waals surface area contributed by atoms with Crippen LogP contribution in [0, 0.1) is 0 Å². The second-order valence-electron chi connectivity index (χ2n) is 2.19. The number of hydrogen-bond acceptors (Lipinski definition) is 3. The number of carbonyl (C=O) groups excluding carboxylic acids is 2. The summed E-state index contributed by atoms with van der Waals surface area (Å²) in [6.07, 6.45) is 3.84. The Bertz CT molecular complexity index is 265. The topological polar surface area (TPSA) is 55.4 Å². The molecule has 1 amide bonds. The fourth-order valence-corrected chi connectivity index (χ4v) is 0.869. The Balaban J connectivity index is 2.95. The van der Waals surface area contributed by atoms with E-state index >= 15 is 0 Å². The van der Waals surface area contributed by atoms with Crippen molar-refractivity contribution >= 4 is 12.2 Å². The van der Waals surface area contributed by atoms with Crippen molar-refractivity contribution in [2.24, 2.45) is 0 Å². The quantitative estimate of drug-likeness (QED) is 0.578. The van der Waals surface area contributed by atoms with E-state index < -0.39 is 0 Å². The van der Waals surface area contributed by atoms with Crippen LogP contribution >= 0.6 is 0 Å². The number of aldehydes is 1. The Kier molecular flexibility index (Phi) is 2.63. The summed E-state index contributed by atoms with van der Waals surface area (Å²) in [6, 6.07) is 0. The normalized spacial score (nSPS) is 15.4. The lowest BCUT2D eigenvalue weighted by molar-refractivity contribution is -0.120. The molecule has 0 saturated heterocycles. The zero-order chi connectivity index (χ0) is 8.97. The third-order valence-electron chi connectivity index (χ3n) is 1.44. The second kappa shape index (κ2) is 3.71. The summed E-state index contributed by atoms with van der Waals surface area (Å²) in [4.78, 5) is 21.5. The number of carbonyl (C=O) groups is 2. The maximum Gasteiger partial charge on any atom is 0.286 e. The minimum absolute atomic E-state index is 0.0926. The highest BCUT2D eigenvalue weighted by Gasteiger charge is 2.15. The lowest BCUT2D eigenvalue weighted by atomic mass is 10.2. The van der Waals surface area contributed by atoms with Crippen molar-refractivity contribution in [3.05, 3.63) is 23.5 Å². The SMILES string of the molecule is CNC(=O)C1=C(C=O)C=CCO1. The summed E-state index contributed by atoms with van der Waals surface area (Å²) in [5.74, 6) is -0.281. The Morgan fingerprint density at radius 3 is 3.08 bits per heavy atom. The summed E-state index contributed by atoms with van der Waals surface area (Å²) >= 11 is 0. The summed E-state index contributed by atoms with van der Waals surface area (Å²) in [7, 11) is 1.49. The van der Waals surface area contributed by atoms with Crippen molar-refractivity contribution in [2.75, 3.05) is 13.7 Å². The van der Waals surface area contributed by atoms with Crippen LogP contribution in [0.15, 0.2) is 23.5 Å². The minimum Gasteiger partial charge on any atom is -0.483 e. The molecule has 0 spiro atoms. The van der Waals surface area contributed by atoms with Gasteiger partial charge >= 0.3 is 0 Å². The van der Waals surface area contributed by atoms with Crippen LogP contribution in [0.1, 0.15) is 0 Å². The van der Waals surface area contributed by atoms with Crippen LogP contribution in [0.25, 0.3) is 0 Å². The molecule has 4 nitrogen and oxygen atoms in total. The molecule has 0 atom stereocenters. The molecule has 0 aromatic rings. The summed E-state index contributed by atoms with van der Waals surface area (Å²) in [6.45, 7) is 0.333. The van der Waals surface area contributed by atoms with Gasteiger partial charge in [-0.15, -0.1) is 0 Å². The van der Waals surface area contributed by atoms with Crippen LogP contribution < -0.4 is 5.32 Å². The van der Waals surface area contributed by atoms with Gasteiger partial charge in [0.1, 0.15) is 6.61 Å². The average molecular weight is 167 g/mol. The van der Waals surface area contributed by atoms with Gasteiger partial charge in [0, 0.05) is 7.05 Å². The third-order valence-corrected chi connectivity index (χ3v) is 1.44. The molecule has 1 aliphatic heterocycles. The second-order valence-corrected chi connectivity index (χ2v) is 2.19. The van der Waals surface area contributed by atoms with E-state index in [1.54, 1.807) is 12.2 Å². The minimum atomic E-state index is -0.374. The van der Waals surface area contributed by atoms with Crippen molar-refractivity contribution in [1.29, 1.82) is 0 Å². The maximum absolute atomic E-state index is 11.0. The molecule has 1 rings (SSSR count). The van der Waals surface area contributed by atoms with Gasteiger partial charge in [-0.2, -0.15) is 0 Å². The Labute approximate surface area is 69.9 Å². The zero-order valence-corrected chi connectivity index (χ0v) is 6.66. The lowest BCUT2D eigenvalue weighted by Gasteiger charge is -2.11. The standard InChI is InChI=1S/C8H9NO3/c1-9-8(11)7-6(5-10)3-2-4-12-7/h2-3,5H,4H2,1H3,(H,9,11). The van der Waals surface area contributed by atoms with Gasteiger partial charge < -0.3 is 10.1 Å². The number of amides is 1. The lowest BCUT2D eigenvalue weighted by Crippen LogP contribution is -2.24. The molecule has 0 aromatic carbocycles. The predicted octanol–water partition coefficient (Wildman–Crippen LogP) is -0.228. The van der Waals surface area contributed by atoms with Gasteiger partial charge in [0.2, 0.25) is 0 Å². The van der Waals surface area contributed by atoms with Crippen LogP contribution in [-0.4, -0.2) is 25.8 Å². The smallest absolute Gasteiger partial charge is 0.286 e. The Morgan fingerprint density at radius 1 is 1.75 bits per heavy atom. The van der Waals surface area contributed by atoms with Crippen molar-refractivity contribution < 1.29 is 14.3 Å². The fourth-order valence-electron chi connectivity index (χ4n) is 0.869. The molecule has 4 heteroatoms. The van der Waals surface area contributed by atoms with E-state index in [0.717, 1.165) is 0 Å². The van der Waals surface area contributed by atoms with E-state index in [4.69, 9.17) is 4.74 Å². The van der Waals surface area contributed by atoms with Crippen LogP contribution in [0.2, 0.25) is 0 Å². The summed E-state index contributed by atoms with van der Waals surface area (Å²) in [5.41, 5.74) is 0.278. The molecule has 1 heterocycles. The van der Waals surface area contributed by atoms with Gasteiger partial charge in [0.25, 0.3) is 5.91 Å². The maximum atomic E-state index is 11.0. The first-order chi connectivity index (χ1) is 5.79. The van der Waals surface area contributed by atoms with E-state index in [-0.39, 0.29) is 17.2 Å². The van der Waals surface area contributed by atoms with E-state index in [1.165, 1.54) is 7.05 Å². The van der Waals surface area contributed by atoms with Crippen molar-refractivity contribution in [1.82, 2.24) is 5.32 Å². The monoisotopic (exact) mass is 167 g/mol. The van der Waals surface area contributed by atoms with Gasteiger partial charge in [-0.3, -0.25) is 9.59 Å². The van der Waals surface area contributed by atoms with Gasteiger partial charge in [-0.05, 0) is 12.2 Å². The van der Waals surface area contributed by atoms with Gasteiger partial charge in [0.15, 0.2) is 12.0 Å². The van der Waals surface area contributed by atoms with E-state index in [2.05, 4.69) is 5.32 Å². The van der Waals surface area contributed by atoms with Crippen molar-refractivity contribution in [3.63, 3.8) is 0 Å². The highest BCUT2D eigenvalue weighted by atomic mass is 16.5. The van der Waals surface area contributed by atoms with E-state index in [9.17, 15) is 9.59 Å². The molecule has 1 aliphatic rings. The molecule has 0 saturated carbocycles. The van der Waals surface area contributed by atoms with Gasteiger partial charge in [0.05, 0.1) is 5.57 Å². The van der Waals surface area contributed by atoms with Crippen molar-refractivity contribution in [3.8, 4) is 0 Å². The van der Waals surface area contributed by atoms with Gasteiger partial charge in [-0.1, -0.05) is 0 Å². The average Bonchev–Trinajstić information content (AvgIpc) is 2.16. The molecule has 0 aromatic heterocycles. The molecule has 0 aliphatic carbocycles. The molecular weight excluding hydrogens is 158 g/mol. The number of hydrogen-bond donors (Lipinski definition) is 1. The predicted molar refractivity (Wildman–Crippen MR) is 42.2 cm³/mol. The molecule has 1 N–H and O–H groups in total. The molecule has 64 valence electrons. The Hall–Kier alpha value is -1.58. The number of nitrogens with one attached hydrogen (secondary N) is 1. The first-order valence-electron chi connectivity index (χ1n) is 3.50. The largest absolute Gasteiger partial charge is 0.483 e. The van der Waals surface area contributed by atoms with Crippen LogP contribution in [0.4, 0.5) is 0 Å². The highest BCUT2D eigenvalue weighted by molar-refractivity contribution is 5.98. The molecule has 0 radical (unpaired) electrons. The first kappa shape index (κ1) is 8.52. The van der Waals surface area contributed by atoms with Crippen LogP contribution in [0.3, 0.4) is 0 Å². The van der Waals surface area contributed by atoms with Crippen LogP contribution in [-0.2, 0) is 14.3 Å². The number of ether oxygens (including phenoxy) is 1. The summed E-state index contributed by atoms with van der Waals surface area (Å²) in [5, 5.41) is 2.38. The van der Waals surface area contributed by atoms with Crippen molar-refractivity contribution in [2.45, 2.75) is 0 Å². The molecule has 0 unspecified atom stereocenters. The zero-order valence-electron chi connectivity index (χ0n) is 6.66. The van der Waals surface area contributed by atoms with Crippen LogP contribution in [0.5, 0.6) is 0 Å². The molecule has 0 bridgehead atoms. The van der Waals surface area contributed by atoms with E-state index in [1.807, 2.05) is 0 Å². The molecule has 0 fully saturated rings. The number of allylic oxidation sites excluding steroid dienone is 2. The fraction of sp³-hybridized carbons (Fsp3) is 0.250.